The van der Waals surface area contributed by atoms with Crippen LogP contribution in [0.2, 0.25) is 0 Å². The summed E-state index contributed by atoms with van der Waals surface area (Å²) in [5.74, 6) is 2.97. The highest BCUT2D eigenvalue weighted by Crippen LogP contribution is 2.48. The van der Waals surface area contributed by atoms with Crippen molar-refractivity contribution < 1.29 is 14.3 Å². The first-order valence-electron chi connectivity index (χ1n) is 14.3. The maximum atomic E-state index is 10.7. The molecule has 4 aromatic rings. The first-order chi connectivity index (χ1) is 19.8. The molecule has 214 valence electrons. The minimum atomic E-state index is -0.498. The number of hydrogen-bond donors (Lipinski definition) is 3. The van der Waals surface area contributed by atoms with Gasteiger partial charge in [0.1, 0.15) is 16.5 Å². The molecule has 1 saturated heterocycles. The molecule has 3 N–H and O–H groups in total. The van der Waals surface area contributed by atoms with Gasteiger partial charge in [-0.1, -0.05) is 29.5 Å². The molecule has 1 aromatic carbocycles. The summed E-state index contributed by atoms with van der Waals surface area (Å²) in [6, 6.07) is 11.7. The van der Waals surface area contributed by atoms with E-state index in [1.165, 1.54) is 11.3 Å². The van der Waals surface area contributed by atoms with Crippen LogP contribution in [0.5, 0.6) is 0 Å². The van der Waals surface area contributed by atoms with Crippen molar-refractivity contribution in [3.8, 4) is 22.2 Å². The second-order valence-electron chi connectivity index (χ2n) is 11.7. The summed E-state index contributed by atoms with van der Waals surface area (Å²) in [5.41, 5.74) is 0.283. The third-order valence-electron chi connectivity index (χ3n) is 8.44. The third-order valence-corrected chi connectivity index (χ3v) is 9.34. The number of hydrogen-bond acceptors (Lipinski definition) is 12. The Bertz CT molecular complexity index is 1490. The van der Waals surface area contributed by atoms with Gasteiger partial charge in [0.25, 0.3) is 5.89 Å². The summed E-state index contributed by atoms with van der Waals surface area (Å²) >= 11 is 1.42. The molecule has 2 bridgehead atoms. The Hall–Kier alpha value is -3.61. The summed E-state index contributed by atoms with van der Waals surface area (Å²) in [5, 5.41) is 26.9. The molecule has 0 unspecified atom stereocenters. The Balaban J connectivity index is 1.15. The van der Waals surface area contributed by atoms with Gasteiger partial charge in [0.05, 0.1) is 24.0 Å². The van der Waals surface area contributed by atoms with E-state index in [-0.39, 0.29) is 17.7 Å². The Morgan fingerprint density at radius 3 is 2.39 bits per heavy atom. The molecule has 4 fully saturated rings. The highest BCUT2D eigenvalue weighted by molar-refractivity contribution is 7.18. The van der Waals surface area contributed by atoms with Crippen molar-refractivity contribution >= 4 is 34.1 Å². The lowest BCUT2D eigenvalue weighted by Crippen LogP contribution is -2.54. The fourth-order valence-corrected chi connectivity index (χ4v) is 6.98. The SMILES string of the molecule is C[C@@H]1CN(c2cc(Nc3ncc(-c4nnc(-c5ccccc5)o4)s3)nc(NC34CCC(O)(CC3)CC4)n2)C[C@H](C)O1. The third kappa shape index (κ3) is 5.51. The summed E-state index contributed by atoms with van der Waals surface area (Å²) in [4.78, 5) is 17.4. The van der Waals surface area contributed by atoms with Crippen molar-refractivity contribution in [2.45, 2.75) is 75.7 Å². The van der Waals surface area contributed by atoms with Gasteiger partial charge in [0.15, 0.2) is 5.13 Å². The van der Waals surface area contributed by atoms with E-state index >= 15 is 0 Å². The molecule has 11 nitrogen and oxygen atoms in total. The number of nitrogens with one attached hydrogen (secondary N) is 2. The molecule has 8 rings (SSSR count). The molecule has 12 heteroatoms. The van der Waals surface area contributed by atoms with Gasteiger partial charge in [0.2, 0.25) is 11.8 Å². The van der Waals surface area contributed by atoms with E-state index in [1.807, 2.05) is 36.4 Å². The van der Waals surface area contributed by atoms with Gasteiger partial charge in [-0.05, 0) is 64.5 Å². The van der Waals surface area contributed by atoms with E-state index < -0.39 is 5.60 Å². The van der Waals surface area contributed by atoms with E-state index in [9.17, 15) is 5.11 Å². The van der Waals surface area contributed by atoms with Gasteiger partial charge in [-0.15, -0.1) is 10.2 Å². The van der Waals surface area contributed by atoms with Gasteiger partial charge in [-0.25, -0.2) is 4.98 Å². The van der Waals surface area contributed by atoms with Gasteiger partial charge in [-0.3, -0.25) is 0 Å². The standard InChI is InChI=1S/C29H34N8O3S/c1-18-16-37(17-19(2)39-18)23-14-22(31-26(33-23)34-28-8-11-29(38,12-9-28)13-10-28)32-27-30-15-21(41-27)25-36-35-24(40-25)20-6-4-3-5-7-20/h3-7,14-15,18-19,38H,8-13,16-17H2,1-2H3,(H2,30,31,32,33,34)/t18-,19+,28?,29?. The molecular weight excluding hydrogens is 540 g/mol. The lowest BCUT2D eigenvalue weighted by Gasteiger charge is -2.51. The van der Waals surface area contributed by atoms with Crippen LogP contribution in [0.1, 0.15) is 52.4 Å². The van der Waals surface area contributed by atoms with Crippen molar-refractivity contribution in [2.24, 2.45) is 0 Å². The molecule has 0 amide bonds. The van der Waals surface area contributed by atoms with Gasteiger partial charge < -0.3 is 29.8 Å². The lowest BCUT2D eigenvalue weighted by molar-refractivity contribution is -0.0581. The van der Waals surface area contributed by atoms with Crippen molar-refractivity contribution in [1.82, 2.24) is 25.1 Å². The van der Waals surface area contributed by atoms with Gasteiger partial charge >= 0.3 is 0 Å². The smallest absolute Gasteiger partial charge is 0.259 e. The maximum Gasteiger partial charge on any atom is 0.259 e. The number of ether oxygens (including phenoxy) is 1. The number of nitrogens with zero attached hydrogens (tertiary/aromatic N) is 6. The van der Waals surface area contributed by atoms with Crippen LogP contribution >= 0.6 is 11.3 Å². The van der Waals surface area contributed by atoms with Crippen LogP contribution in [0.4, 0.5) is 22.7 Å². The summed E-state index contributed by atoms with van der Waals surface area (Å²) in [6.45, 7) is 5.68. The fourth-order valence-electron chi connectivity index (χ4n) is 6.23. The van der Waals surface area contributed by atoms with Crippen LogP contribution < -0.4 is 15.5 Å². The Morgan fingerprint density at radius 2 is 1.66 bits per heavy atom. The molecule has 4 heterocycles. The average molecular weight is 575 g/mol. The quantitative estimate of drug-likeness (QED) is 0.267. The first kappa shape index (κ1) is 26.3. The van der Waals surface area contributed by atoms with Crippen molar-refractivity contribution in [3.63, 3.8) is 0 Å². The molecule has 2 atom stereocenters. The van der Waals surface area contributed by atoms with Crippen LogP contribution in [0.25, 0.3) is 22.2 Å². The fraction of sp³-hybridized carbons (Fsp3) is 0.483. The number of thiazole rings is 1. The van der Waals surface area contributed by atoms with Crippen LogP contribution in [-0.4, -0.2) is 66.7 Å². The number of anilines is 4. The van der Waals surface area contributed by atoms with E-state index in [2.05, 4.69) is 44.6 Å². The molecule has 3 saturated carbocycles. The first-order valence-corrected chi connectivity index (χ1v) is 15.1. The number of benzene rings is 1. The lowest BCUT2D eigenvalue weighted by atomic mass is 9.63. The van der Waals surface area contributed by atoms with Gasteiger partial charge in [0, 0.05) is 30.3 Å². The predicted octanol–water partition coefficient (Wildman–Crippen LogP) is 5.26. The topological polar surface area (TPSA) is 134 Å². The summed E-state index contributed by atoms with van der Waals surface area (Å²) in [6.07, 6.45) is 7.11. The number of fused-ring (bicyclic) bond motifs is 3. The Morgan fingerprint density at radius 1 is 0.951 bits per heavy atom. The zero-order chi connectivity index (χ0) is 28.0. The van der Waals surface area contributed by atoms with Crippen molar-refractivity contribution in [1.29, 1.82) is 0 Å². The molecule has 4 aliphatic rings. The average Bonchev–Trinajstić information content (AvgIpc) is 3.64. The molecule has 41 heavy (non-hydrogen) atoms. The van der Waals surface area contributed by atoms with E-state index in [0.717, 1.165) is 67.9 Å². The Kier molecular flexibility index (Phi) is 6.63. The van der Waals surface area contributed by atoms with Crippen LogP contribution in [0.15, 0.2) is 47.0 Å². The maximum absolute atomic E-state index is 10.7. The monoisotopic (exact) mass is 574 g/mol. The van der Waals surface area contributed by atoms with E-state index in [1.54, 1.807) is 6.20 Å². The zero-order valence-electron chi connectivity index (χ0n) is 23.2. The number of morpholine rings is 1. The zero-order valence-corrected chi connectivity index (χ0v) is 24.0. The summed E-state index contributed by atoms with van der Waals surface area (Å²) in [7, 11) is 0. The number of aliphatic hydroxyl groups is 1. The molecule has 0 radical (unpaired) electrons. The number of aromatic nitrogens is 5. The molecule has 3 aliphatic carbocycles. The second kappa shape index (κ2) is 10.3. The van der Waals surface area contributed by atoms with Crippen LogP contribution in [-0.2, 0) is 4.74 Å². The largest absolute Gasteiger partial charge is 0.415 e. The van der Waals surface area contributed by atoms with Crippen molar-refractivity contribution in [2.75, 3.05) is 28.6 Å². The predicted molar refractivity (Wildman–Crippen MR) is 157 cm³/mol. The van der Waals surface area contributed by atoms with Crippen molar-refractivity contribution in [3.05, 3.63) is 42.6 Å². The molecule has 0 spiro atoms. The summed E-state index contributed by atoms with van der Waals surface area (Å²) < 4.78 is 11.9. The van der Waals surface area contributed by atoms with E-state index in [0.29, 0.717) is 28.7 Å². The minimum Gasteiger partial charge on any atom is -0.415 e. The van der Waals surface area contributed by atoms with Gasteiger partial charge in [-0.2, -0.15) is 9.97 Å². The normalized spacial score (nSPS) is 27.6. The van der Waals surface area contributed by atoms with Crippen LogP contribution in [0, 0.1) is 0 Å². The molecule has 3 aromatic heterocycles. The van der Waals surface area contributed by atoms with Crippen LogP contribution in [0.3, 0.4) is 0 Å². The second-order valence-corrected chi connectivity index (χ2v) is 12.7. The van der Waals surface area contributed by atoms with E-state index in [4.69, 9.17) is 19.1 Å². The molecule has 1 aliphatic heterocycles. The highest BCUT2D eigenvalue weighted by Gasteiger charge is 2.48. The molecular formula is C29H34N8O3S. The highest BCUT2D eigenvalue weighted by atomic mass is 32.1. The Labute approximate surface area is 242 Å². The minimum absolute atomic E-state index is 0.0886. The number of rotatable bonds is 7.